The number of benzene rings is 1. The monoisotopic (exact) mass is 626 g/mol. The maximum atomic E-state index is 14.9. The van der Waals surface area contributed by atoms with Crippen LogP contribution in [0.25, 0.3) is 22.2 Å². The molecule has 1 saturated heterocycles. The zero-order valence-corrected chi connectivity index (χ0v) is 27.2. The minimum Gasteiger partial charge on any atom is -0.494 e. The SMILES string of the molecule is COc1cc(-c2ccnc3c(C(=O)NC4CCN(C(=O)O)CC4)c(C)n(COCC[Si](C)(C)C)c23)c(OCC2CC2)cc1F. The second-order valence-electron chi connectivity index (χ2n) is 13.0. The maximum absolute atomic E-state index is 14.9. The van der Waals surface area contributed by atoms with E-state index in [1.54, 1.807) is 12.3 Å². The van der Waals surface area contributed by atoms with Crippen LogP contribution in [0.2, 0.25) is 25.7 Å². The predicted molar refractivity (Wildman–Crippen MR) is 169 cm³/mol. The Bertz CT molecular complexity index is 1530. The van der Waals surface area contributed by atoms with Crippen molar-refractivity contribution in [1.29, 1.82) is 0 Å². The summed E-state index contributed by atoms with van der Waals surface area (Å²) < 4.78 is 34.6. The van der Waals surface area contributed by atoms with Crippen LogP contribution in [0.15, 0.2) is 24.4 Å². The highest BCUT2D eigenvalue weighted by molar-refractivity contribution is 6.76. The molecule has 1 aliphatic carbocycles. The molecule has 2 fully saturated rings. The van der Waals surface area contributed by atoms with Crippen molar-refractivity contribution in [3.8, 4) is 22.6 Å². The van der Waals surface area contributed by atoms with Crippen LogP contribution in [0.4, 0.5) is 9.18 Å². The van der Waals surface area contributed by atoms with Gasteiger partial charge in [0.1, 0.15) is 18.0 Å². The van der Waals surface area contributed by atoms with Crippen LogP contribution in [0.1, 0.15) is 41.7 Å². The van der Waals surface area contributed by atoms with Gasteiger partial charge in [0.2, 0.25) is 0 Å². The molecule has 1 saturated carbocycles. The molecular formula is C32H43FN4O6Si. The zero-order valence-electron chi connectivity index (χ0n) is 26.2. The van der Waals surface area contributed by atoms with E-state index in [2.05, 4.69) is 29.9 Å². The zero-order chi connectivity index (χ0) is 31.6. The van der Waals surface area contributed by atoms with Gasteiger partial charge in [-0.1, -0.05) is 19.6 Å². The number of nitrogens with zero attached hydrogens (tertiary/aromatic N) is 3. The average molecular weight is 627 g/mol. The maximum Gasteiger partial charge on any atom is 0.407 e. The van der Waals surface area contributed by atoms with Gasteiger partial charge in [-0.15, -0.1) is 0 Å². The first-order chi connectivity index (χ1) is 21.0. The third-order valence-electron chi connectivity index (χ3n) is 8.46. The predicted octanol–water partition coefficient (Wildman–Crippen LogP) is 6.13. The molecule has 5 rings (SSSR count). The Morgan fingerprint density at radius 1 is 1.11 bits per heavy atom. The van der Waals surface area contributed by atoms with Crippen LogP contribution in [0, 0.1) is 18.7 Å². The molecule has 0 spiro atoms. The van der Waals surface area contributed by atoms with Gasteiger partial charge in [-0.25, -0.2) is 9.18 Å². The van der Waals surface area contributed by atoms with E-state index >= 15 is 0 Å². The first-order valence-electron chi connectivity index (χ1n) is 15.3. The van der Waals surface area contributed by atoms with E-state index in [0.29, 0.717) is 78.7 Å². The minimum absolute atomic E-state index is 0.0932. The number of carbonyl (C=O) groups is 2. The number of amides is 2. The lowest BCUT2D eigenvalue weighted by molar-refractivity contribution is 0.0874. The number of halogens is 1. The van der Waals surface area contributed by atoms with Crippen LogP contribution in [0.5, 0.6) is 11.5 Å². The molecule has 1 aromatic carbocycles. The third kappa shape index (κ3) is 7.18. The Hall–Kier alpha value is -3.64. The fourth-order valence-electron chi connectivity index (χ4n) is 5.56. The summed E-state index contributed by atoms with van der Waals surface area (Å²) in [5.41, 5.74) is 3.70. The van der Waals surface area contributed by atoms with Crippen molar-refractivity contribution >= 4 is 31.1 Å². The van der Waals surface area contributed by atoms with Crippen molar-refractivity contribution in [3.05, 3.63) is 41.5 Å². The second kappa shape index (κ2) is 13.2. The number of methoxy groups -OCH3 is 1. The van der Waals surface area contributed by atoms with E-state index in [-0.39, 0.29) is 24.4 Å². The van der Waals surface area contributed by atoms with Gasteiger partial charge in [0, 0.05) is 62.9 Å². The van der Waals surface area contributed by atoms with Gasteiger partial charge in [0.05, 0.1) is 24.8 Å². The summed E-state index contributed by atoms with van der Waals surface area (Å²) in [6.07, 6.45) is 3.96. The molecule has 44 heavy (non-hydrogen) atoms. The van der Waals surface area contributed by atoms with Crippen molar-refractivity contribution in [1.82, 2.24) is 19.8 Å². The molecule has 0 bridgehead atoms. The topological polar surface area (TPSA) is 115 Å². The van der Waals surface area contributed by atoms with Crippen molar-refractivity contribution < 1.29 is 33.3 Å². The number of ether oxygens (including phenoxy) is 3. The van der Waals surface area contributed by atoms with Gasteiger partial charge < -0.3 is 34.1 Å². The fourth-order valence-corrected chi connectivity index (χ4v) is 6.31. The lowest BCUT2D eigenvalue weighted by atomic mass is 10.0. The van der Waals surface area contributed by atoms with Crippen LogP contribution in [-0.2, 0) is 11.5 Å². The van der Waals surface area contributed by atoms with Gasteiger partial charge in [-0.2, -0.15) is 0 Å². The van der Waals surface area contributed by atoms with Gasteiger partial charge in [-0.3, -0.25) is 9.78 Å². The summed E-state index contributed by atoms with van der Waals surface area (Å²) in [5, 5.41) is 12.4. The lowest BCUT2D eigenvalue weighted by Crippen LogP contribution is -2.46. The normalized spacial score (nSPS) is 15.9. The van der Waals surface area contributed by atoms with E-state index in [9.17, 15) is 19.1 Å². The van der Waals surface area contributed by atoms with E-state index < -0.39 is 20.0 Å². The van der Waals surface area contributed by atoms with Crippen molar-refractivity contribution in [3.63, 3.8) is 0 Å². The van der Waals surface area contributed by atoms with Crippen LogP contribution in [0.3, 0.4) is 0 Å². The third-order valence-corrected chi connectivity index (χ3v) is 10.2. The molecule has 238 valence electrons. The molecule has 2 amide bonds. The molecule has 10 nitrogen and oxygen atoms in total. The fraction of sp³-hybridized carbons (Fsp3) is 0.531. The summed E-state index contributed by atoms with van der Waals surface area (Å²) in [7, 11) is 0.0985. The number of carboxylic acid groups (broad SMARTS) is 1. The molecule has 2 N–H and O–H groups in total. The summed E-state index contributed by atoms with van der Waals surface area (Å²) in [6, 6.07) is 5.69. The number of nitrogens with one attached hydrogen (secondary N) is 1. The summed E-state index contributed by atoms with van der Waals surface area (Å²) in [4.78, 5) is 31.3. The molecule has 0 unspecified atom stereocenters. The number of carbonyl (C=O) groups excluding carboxylic acids is 1. The summed E-state index contributed by atoms with van der Waals surface area (Å²) in [5.74, 6) is 0.185. The Kier molecular flexibility index (Phi) is 9.50. The minimum atomic E-state index is -1.33. The van der Waals surface area contributed by atoms with E-state index in [1.165, 1.54) is 18.1 Å². The largest absolute Gasteiger partial charge is 0.494 e. The van der Waals surface area contributed by atoms with Gasteiger partial charge in [0.15, 0.2) is 11.6 Å². The number of likely N-dealkylation sites (tertiary alicyclic amines) is 1. The summed E-state index contributed by atoms with van der Waals surface area (Å²) in [6.45, 7) is 10.8. The van der Waals surface area contributed by atoms with Crippen molar-refractivity contribution in [2.45, 2.75) is 71.1 Å². The molecule has 3 aromatic rings. The lowest BCUT2D eigenvalue weighted by Gasteiger charge is -2.30. The van der Waals surface area contributed by atoms with Crippen LogP contribution >= 0.6 is 0 Å². The highest BCUT2D eigenvalue weighted by Crippen LogP contribution is 2.41. The number of aromatic nitrogens is 2. The molecule has 1 aliphatic heterocycles. The molecular weight excluding hydrogens is 583 g/mol. The number of fused-ring (bicyclic) bond motifs is 1. The molecule has 3 heterocycles. The Labute approximate surface area is 258 Å². The number of piperidine rings is 1. The first-order valence-corrected chi connectivity index (χ1v) is 19.0. The van der Waals surface area contributed by atoms with Gasteiger partial charge in [-0.05, 0) is 56.7 Å². The van der Waals surface area contributed by atoms with Gasteiger partial charge >= 0.3 is 6.09 Å². The van der Waals surface area contributed by atoms with Crippen LogP contribution < -0.4 is 14.8 Å². The first kappa shape index (κ1) is 31.8. The smallest absolute Gasteiger partial charge is 0.407 e. The van der Waals surface area contributed by atoms with Crippen molar-refractivity contribution in [2.24, 2.45) is 5.92 Å². The molecule has 0 radical (unpaired) electrons. The van der Waals surface area contributed by atoms with E-state index in [1.807, 2.05) is 17.6 Å². The van der Waals surface area contributed by atoms with E-state index in [0.717, 1.165) is 24.4 Å². The highest BCUT2D eigenvalue weighted by atomic mass is 28.3. The number of pyridine rings is 1. The van der Waals surface area contributed by atoms with Gasteiger partial charge in [0.25, 0.3) is 5.91 Å². The Balaban J connectivity index is 1.56. The standard InChI is InChI=1S/C32H43FN4O6Si/c1-20-28(31(38)35-22-9-12-36(13-10-22)32(39)40)29-30(37(20)19-42-14-15-44(3,4)5)23(8-11-34-29)24-16-27(41-2)25(33)17-26(24)43-18-21-6-7-21/h8,11,16-17,21-22H,6-7,9-10,12-15,18-19H2,1-5H3,(H,35,38)(H,39,40). The number of hydrogen-bond donors (Lipinski definition) is 2. The summed E-state index contributed by atoms with van der Waals surface area (Å²) >= 11 is 0. The quantitative estimate of drug-likeness (QED) is 0.184. The van der Waals surface area contributed by atoms with E-state index in [4.69, 9.17) is 14.2 Å². The molecule has 12 heteroatoms. The Morgan fingerprint density at radius 2 is 1.84 bits per heavy atom. The van der Waals surface area contributed by atoms with Crippen molar-refractivity contribution in [2.75, 3.05) is 33.4 Å². The Morgan fingerprint density at radius 3 is 2.48 bits per heavy atom. The molecule has 0 atom stereocenters. The molecule has 2 aromatic heterocycles. The number of rotatable bonds is 12. The number of hydrogen-bond acceptors (Lipinski definition) is 6. The average Bonchev–Trinajstić information content (AvgIpc) is 3.76. The molecule has 2 aliphatic rings. The second-order valence-corrected chi connectivity index (χ2v) is 18.7. The highest BCUT2D eigenvalue weighted by Gasteiger charge is 2.29. The van der Waals surface area contributed by atoms with Crippen LogP contribution in [-0.4, -0.2) is 79.1 Å².